The maximum atomic E-state index is 13.3. The highest BCUT2D eigenvalue weighted by atomic mass is 35.5. The molecule has 2 rings (SSSR count). The number of hydrogen-bond acceptors (Lipinski definition) is 2. The third-order valence-corrected chi connectivity index (χ3v) is 3.18. The van der Waals surface area contributed by atoms with Gasteiger partial charge in [-0.2, -0.15) is 5.26 Å². The normalized spacial score (nSPS) is 11.7. The van der Waals surface area contributed by atoms with Crippen molar-refractivity contribution in [3.8, 4) is 6.07 Å². The number of carbonyl (C=O) groups excluding carboxylic acids is 1. The van der Waals surface area contributed by atoms with Crippen molar-refractivity contribution in [2.75, 3.05) is 0 Å². The Bertz CT molecular complexity index is 644. The fourth-order valence-corrected chi connectivity index (χ4v) is 2.26. The standard InChI is InChI=1S/C16H11ClFNO/c17-13-8-12(9-14(18)10-13)16(20)15(6-7-19)11-4-2-1-3-5-11/h1-5,8-10,15H,6H2. The molecular weight excluding hydrogens is 277 g/mol. The molecule has 1 atom stereocenters. The van der Waals surface area contributed by atoms with Gasteiger partial charge in [0.15, 0.2) is 5.78 Å². The van der Waals surface area contributed by atoms with E-state index in [1.54, 1.807) is 24.3 Å². The number of ketones is 1. The van der Waals surface area contributed by atoms with E-state index >= 15 is 0 Å². The van der Waals surface area contributed by atoms with Crippen LogP contribution in [0.2, 0.25) is 5.02 Å². The van der Waals surface area contributed by atoms with Crippen molar-refractivity contribution >= 4 is 17.4 Å². The van der Waals surface area contributed by atoms with E-state index in [-0.39, 0.29) is 22.8 Å². The van der Waals surface area contributed by atoms with E-state index in [1.807, 2.05) is 12.1 Å². The number of nitriles is 1. The van der Waals surface area contributed by atoms with Crippen LogP contribution in [0.3, 0.4) is 0 Å². The van der Waals surface area contributed by atoms with Gasteiger partial charge in [-0.15, -0.1) is 0 Å². The lowest BCUT2D eigenvalue weighted by atomic mass is 9.88. The zero-order chi connectivity index (χ0) is 14.5. The predicted molar refractivity (Wildman–Crippen MR) is 75.2 cm³/mol. The van der Waals surface area contributed by atoms with Gasteiger partial charge in [0.1, 0.15) is 5.82 Å². The number of nitrogens with zero attached hydrogens (tertiary/aromatic N) is 1. The molecule has 0 saturated heterocycles. The minimum Gasteiger partial charge on any atom is -0.293 e. The van der Waals surface area contributed by atoms with Gasteiger partial charge < -0.3 is 0 Å². The summed E-state index contributed by atoms with van der Waals surface area (Å²) in [6.45, 7) is 0. The minimum atomic E-state index is -0.612. The van der Waals surface area contributed by atoms with Crippen LogP contribution in [0, 0.1) is 17.1 Å². The van der Waals surface area contributed by atoms with E-state index in [9.17, 15) is 9.18 Å². The van der Waals surface area contributed by atoms with E-state index in [0.717, 1.165) is 17.7 Å². The number of rotatable bonds is 4. The molecular formula is C16H11ClFNO. The van der Waals surface area contributed by atoms with E-state index in [4.69, 9.17) is 16.9 Å². The number of carbonyl (C=O) groups is 1. The summed E-state index contributed by atoms with van der Waals surface area (Å²) in [6, 6.07) is 14.7. The Balaban J connectivity index is 2.39. The summed E-state index contributed by atoms with van der Waals surface area (Å²) in [7, 11) is 0. The summed E-state index contributed by atoms with van der Waals surface area (Å²) in [5, 5.41) is 9.06. The van der Waals surface area contributed by atoms with Crippen LogP contribution < -0.4 is 0 Å². The van der Waals surface area contributed by atoms with E-state index in [1.165, 1.54) is 6.07 Å². The Hall–Kier alpha value is -2.18. The quantitative estimate of drug-likeness (QED) is 0.784. The molecule has 0 spiro atoms. The molecule has 0 amide bonds. The summed E-state index contributed by atoms with van der Waals surface area (Å²) in [5.74, 6) is -1.48. The average molecular weight is 288 g/mol. The molecule has 2 aromatic rings. The monoisotopic (exact) mass is 287 g/mol. The maximum absolute atomic E-state index is 13.3. The van der Waals surface area contributed by atoms with Crippen LogP contribution in [0.1, 0.15) is 28.3 Å². The summed E-state index contributed by atoms with van der Waals surface area (Å²) in [6.07, 6.45) is 0.0387. The van der Waals surface area contributed by atoms with Crippen molar-refractivity contribution in [1.82, 2.24) is 0 Å². The number of Topliss-reactive ketones (excluding diaryl/α,β-unsaturated/α-hetero) is 1. The second-order valence-corrected chi connectivity index (χ2v) is 4.78. The molecule has 0 bridgehead atoms. The Labute approximate surface area is 121 Å². The molecule has 0 fully saturated rings. The van der Waals surface area contributed by atoms with Crippen molar-refractivity contribution < 1.29 is 9.18 Å². The molecule has 0 heterocycles. The van der Waals surface area contributed by atoms with Crippen LogP contribution >= 0.6 is 11.6 Å². The Morgan fingerprint density at radius 1 is 1.25 bits per heavy atom. The first kappa shape index (κ1) is 14.2. The highest BCUT2D eigenvalue weighted by molar-refractivity contribution is 6.31. The van der Waals surface area contributed by atoms with Crippen LogP contribution in [-0.4, -0.2) is 5.78 Å². The molecule has 0 N–H and O–H groups in total. The summed E-state index contributed by atoms with van der Waals surface area (Å²) < 4.78 is 13.3. The molecule has 0 aliphatic carbocycles. The van der Waals surface area contributed by atoms with E-state index in [0.29, 0.717) is 0 Å². The Morgan fingerprint density at radius 2 is 1.95 bits per heavy atom. The lowest BCUT2D eigenvalue weighted by Gasteiger charge is -2.13. The fraction of sp³-hybridized carbons (Fsp3) is 0.125. The van der Waals surface area contributed by atoms with Crippen LogP contribution in [-0.2, 0) is 0 Å². The molecule has 4 heteroatoms. The zero-order valence-electron chi connectivity index (χ0n) is 10.5. The summed E-state index contributed by atoms with van der Waals surface area (Å²) in [4.78, 5) is 12.5. The van der Waals surface area contributed by atoms with Gasteiger partial charge in [0, 0.05) is 17.0 Å². The Morgan fingerprint density at radius 3 is 2.55 bits per heavy atom. The van der Waals surface area contributed by atoms with E-state index < -0.39 is 11.7 Å². The first-order valence-electron chi connectivity index (χ1n) is 6.04. The van der Waals surface area contributed by atoms with Crippen LogP contribution in [0.5, 0.6) is 0 Å². The second kappa shape index (κ2) is 6.31. The molecule has 0 radical (unpaired) electrons. The molecule has 2 aromatic carbocycles. The summed E-state index contributed by atoms with van der Waals surface area (Å²) in [5.41, 5.74) is 0.915. The second-order valence-electron chi connectivity index (χ2n) is 4.35. The van der Waals surface area contributed by atoms with Crippen LogP contribution in [0.15, 0.2) is 48.5 Å². The van der Waals surface area contributed by atoms with Crippen molar-refractivity contribution in [3.63, 3.8) is 0 Å². The van der Waals surface area contributed by atoms with Gasteiger partial charge >= 0.3 is 0 Å². The molecule has 0 aliphatic heterocycles. The topological polar surface area (TPSA) is 40.9 Å². The number of halogens is 2. The summed E-state index contributed by atoms with van der Waals surface area (Å²) >= 11 is 5.76. The minimum absolute atomic E-state index is 0.0387. The highest BCUT2D eigenvalue weighted by Crippen LogP contribution is 2.26. The van der Waals surface area contributed by atoms with Crippen molar-refractivity contribution in [2.45, 2.75) is 12.3 Å². The van der Waals surface area contributed by atoms with Gasteiger partial charge in [0.05, 0.1) is 12.0 Å². The largest absolute Gasteiger partial charge is 0.293 e. The van der Waals surface area contributed by atoms with Crippen molar-refractivity contribution in [3.05, 3.63) is 70.5 Å². The molecule has 0 saturated carbocycles. The van der Waals surface area contributed by atoms with Gasteiger partial charge in [-0.05, 0) is 23.8 Å². The SMILES string of the molecule is N#CCC(C(=O)c1cc(F)cc(Cl)c1)c1ccccc1. The first-order chi connectivity index (χ1) is 9.61. The molecule has 100 valence electrons. The molecule has 0 aliphatic rings. The van der Waals surface area contributed by atoms with Gasteiger partial charge in [-0.3, -0.25) is 4.79 Å². The lowest BCUT2D eigenvalue weighted by molar-refractivity contribution is 0.0960. The van der Waals surface area contributed by atoms with E-state index in [2.05, 4.69) is 0 Å². The maximum Gasteiger partial charge on any atom is 0.171 e. The third kappa shape index (κ3) is 3.23. The van der Waals surface area contributed by atoms with Crippen LogP contribution in [0.25, 0.3) is 0 Å². The van der Waals surface area contributed by atoms with Crippen molar-refractivity contribution in [2.24, 2.45) is 0 Å². The fourth-order valence-electron chi connectivity index (χ4n) is 2.04. The Kier molecular flexibility index (Phi) is 4.49. The predicted octanol–water partition coefficient (Wildman–Crippen LogP) is 4.36. The van der Waals surface area contributed by atoms with Crippen LogP contribution in [0.4, 0.5) is 4.39 Å². The highest BCUT2D eigenvalue weighted by Gasteiger charge is 2.22. The number of benzene rings is 2. The van der Waals surface area contributed by atoms with Gasteiger partial charge in [-0.1, -0.05) is 41.9 Å². The average Bonchev–Trinajstić information content (AvgIpc) is 2.44. The number of hydrogen-bond donors (Lipinski definition) is 0. The van der Waals surface area contributed by atoms with Gasteiger partial charge in [0.2, 0.25) is 0 Å². The van der Waals surface area contributed by atoms with Crippen molar-refractivity contribution in [1.29, 1.82) is 5.26 Å². The van der Waals surface area contributed by atoms with Gasteiger partial charge in [0.25, 0.3) is 0 Å². The molecule has 1 unspecified atom stereocenters. The molecule has 0 aromatic heterocycles. The first-order valence-corrected chi connectivity index (χ1v) is 6.42. The molecule has 20 heavy (non-hydrogen) atoms. The van der Waals surface area contributed by atoms with Gasteiger partial charge in [-0.25, -0.2) is 4.39 Å². The lowest BCUT2D eigenvalue weighted by Crippen LogP contribution is -2.13. The smallest absolute Gasteiger partial charge is 0.171 e. The third-order valence-electron chi connectivity index (χ3n) is 2.96. The zero-order valence-corrected chi connectivity index (χ0v) is 11.3. The molecule has 2 nitrogen and oxygen atoms in total.